The van der Waals surface area contributed by atoms with Crippen molar-refractivity contribution in [2.45, 2.75) is 13.8 Å². The lowest BCUT2D eigenvalue weighted by molar-refractivity contribution is -0.343. The van der Waals surface area contributed by atoms with E-state index in [2.05, 4.69) is 10.3 Å². The lowest BCUT2D eigenvalue weighted by Gasteiger charge is -2.13. The first-order valence-corrected chi connectivity index (χ1v) is 10.6. The van der Waals surface area contributed by atoms with Gasteiger partial charge in [-0.15, -0.1) is 0 Å². The number of H-pyrrole nitrogens is 1. The third-order valence-electron chi connectivity index (χ3n) is 5.33. The average molecular weight is 429 g/mol. The highest BCUT2D eigenvalue weighted by atomic mass is 16.5. The van der Waals surface area contributed by atoms with Crippen LogP contribution < -0.4 is 10.3 Å². The summed E-state index contributed by atoms with van der Waals surface area (Å²) in [5.74, 6) is -0.786. The largest absolute Gasteiger partial charge is 0.462 e. The normalized spacial score (nSPS) is 10.8. The topological polar surface area (TPSA) is 78.8 Å². The Morgan fingerprint density at radius 2 is 1.62 bits per heavy atom. The van der Waals surface area contributed by atoms with Gasteiger partial charge in [0.05, 0.1) is 28.6 Å². The van der Waals surface area contributed by atoms with Crippen molar-refractivity contribution in [2.75, 3.05) is 25.1 Å². The van der Waals surface area contributed by atoms with Gasteiger partial charge in [0, 0.05) is 6.54 Å². The van der Waals surface area contributed by atoms with E-state index in [9.17, 15) is 9.59 Å². The summed E-state index contributed by atoms with van der Waals surface area (Å²) in [5, 5.41) is 6.29. The molecule has 4 aromatic rings. The van der Waals surface area contributed by atoms with E-state index in [0.717, 1.165) is 27.2 Å². The van der Waals surface area contributed by atoms with Crippen LogP contribution in [0.15, 0.2) is 66.9 Å². The molecule has 6 heteroatoms. The summed E-state index contributed by atoms with van der Waals surface area (Å²) in [6.45, 7) is 4.42. The summed E-state index contributed by atoms with van der Waals surface area (Å²) in [6.07, 6.45) is 1.66. The third-order valence-corrected chi connectivity index (χ3v) is 5.33. The number of pyridine rings is 1. The first-order valence-electron chi connectivity index (χ1n) is 10.6. The van der Waals surface area contributed by atoms with Gasteiger partial charge < -0.3 is 14.8 Å². The molecular formula is C26H25N2O4+. The Kier molecular flexibility index (Phi) is 6.31. The Bertz CT molecular complexity index is 1300. The van der Waals surface area contributed by atoms with Crippen LogP contribution in [0.5, 0.6) is 0 Å². The molecule has 1 aromatic heterocycles. The van der Waals surface area contributed by atoms with E-state index in [-0.39, 0.29) is 19.2 Å². The minimum atomic E-state index is -0.418. The molecule has 0 spiro atoms. The van der Waals surface area contributed by atoms with Crippen LogP contribution in [0, 0.1) is 6.92 Å². The molecule has 4 rings (SSSR count). The summed E-state index contributed by atoms with van der Waals surface area (Å²) in [7, 11) is 0. The fourth-order valence-electron chi connectivity index (χ4n) is 3.76. The van der Waals surface area contributed by atoms with Gasteiger partial charge in [-0.1, -0.05) is 42.5 Å². The fourth-order valence-corrected chi connectivity index (χ4v) is 3.76. The van der Waals surface area contributed by atoms with Crippen LogP contribution >= 0.6 is 0 Å². The molecule has 0 aliphatic heterocycles. The van der Waals surface area contributed by atoms with E-state index >= 15 is 0 Å². The molecule has 0 atom stereocenters. The Morgan fingerprint density at radius 3 is 2.44 bits per heavy atom. The maximum absolute atomic E-state index is 12.6. The van der Waals surface area contributed by atoms with Crippen molar-refractivity contribution in [2.24, 2.45) is 0 Å². The van der Waals surface area contributed by atoms with Crippen molar-refractivity contribution in [1.29, 1.82) is 0 Å². The van der Waals surface area contributed by atoms with Gasteiger partial charge >= 0.3 is 11.9 Å². The number of hydrogen-bond acceptors (Lipinski definition) is 5. The average Bonchev–Trinajstić information content (AvgIpc) is 2.81. The smallest absolute Gasteiger partial charge is 0.346 e. The molecule has 0 bridgehead atoms. The van der Waals surface area contributed by atoms with Gasteiger partial charge in [-0.05, 0) is 43.0 Å². The Hall–Kier alpha value is -3.93. The van der Waals surface area contributed by atoms with Crippen LogP contribution in [-0.4, -0.2) is 31.7 Å². The summed E-state index contributed by atoms with van der Waals surface area (Å²) in [6, 6.07) is 19.3. The van der Waals surface area contributed by atoms with E-state index in [0.29, 0.717) is 23.4 Å². The predicted molar refractivity (Wildman–Crippen MR) is 124 cm³/mol. The summed E-state index contributed by atoms with van der Waals surface area (Å²) >= 11 is 0. The lowest BCUT2D eigenvalue weighted by atomic mass is 10.0. The molecule has 0 fully saturated rings. The number of carbonyl (C=O) groups excluding carboxylic acids is 2. The summed E-state index contributed by atoms with van der Waals surface area (Å²) in [4.78, 5) is 28.2. The van der Waals surface area contributed by atoms with E-state index in [1.54, 1.807) is 19.2 Å². The van der Waals surface area contributed by atoms with Gasteiger partial charge in [0.25, 0.3) is 0 Å². The number of aromatic amines is 1. The first-order chi connectivity index (χ1) is 15.6. The highest BCUT2D eigenvalue weighted by Gasteiger charge is 2.21. The minimum absolute atomic E-state index is 0.156. The maximum Gasteiger partial charge on any atom is 0.346 e. The summed E-state index contributed by atoms with van der Waals surface area (Å²) < 4.78 is 10.7. The number of nitrogens with one attached hydrogen (secondary N) is 2. The number of aromatic nitrogens is 1. The molecule has 3 aromatic carbocycles. The molecular weight excluding hydrogens is 404 g/mol. The highest BCUT2D eigenvalue weighted by molar-refractivity contribution is 6.11. The molecule has 0 aliphatic carbocycles. The molecule has 1 heterocycles. The zero-order chi connectivity index (χ0) is 22.5. The van der Waals surface area contributed by atoms with E-state index in [4.69, 9.17) is 9.47 Å². The minimum Gasteiger partial charge on any atom is -0.462 e. The van der Waals surface area contributed by atoms with Crippen molar-refractivity contribution >= 4 is 39.3 Å². The number of aryl methyl sites for hydroxylation is 1. The number of benzene rings is 3. The Morgan fingerprint density at radius 1 is 0.875 bits per heavy atom. The molecule has 0 radical (unpaired) electrons. The molecule has 0 unspecified atom stereocenters. The number of fused-ring (bicyclic) bond motifs is 3. The van der Waals surface area contributed by atoms with Crippen molar-refractivity contribution in [3.63, 3.8) is 0 Å². The van der Waals surface area contributed by atoms with Gasteiger partial charge in [-0.25, -0.2) is 14.6 Å². The van der Waals surface area contributed by atoms with Crippen LogP contribution in [0.2, 0.25) is 0 Å². The summed E-state index contributed by atoms with van der Waals surface area (Å²) in [5.41, 5.74) is 3.38. The second-order valence-corrected chi connectivity index (χ2v) is 7.38. The molecule has 0 saturated carbocycles. The number of ether oxygens (including phenoxy) is 2. The van der Waals surface area contributed by atoms with Crippen molar-refractivity contribution < 1.29 is 24.0 Å². The quantitative estimate of drug-likeness (QED) is 0.265. The van der Waals surface area contributed by atoms with Crippen molar-refractivity contribution in [1.82, 2.24) is 0 Å². The molecule has 0 aliphatic rings. The third kappa shape index (κ3) is 4.25. The zero-order valence-electron chi connectivity index (χ0n) is 18.1. The van der Waals surface area contributed by atoms with Gasteiger partial charge in [0.1, 0.15) is 12.2 Å². The molecule has 2 N–H and O–H groups in total. The van der Waals surface area contributed by atoms with Gasteiger partial charge in [-0.3, -0.25) is 0 Å². The molecule has 32 heavy (non-hydrogen) atoms. The number of esters is 2. The number of carbonyl (C=O) groups is 2. The fraction of sp³-hybridized carbons (Fsp3) is 0.192. The van der Waals surface area contributed by atoms with E-state index in [1.807, 2.05) is 61.5 Å². The van der Waals surface area contributed by atoms with Crippen LogP contribution in [0.3, 0.4) is 0 Å². The zero-order valence-corrected chi connectivity index (χ0v) is 18.1. The number of anilines is 1. The van der Waals surface area contributed by atoms with Crippen LogP contribution in [-0.2, 0) is 9.47 Å². The highest BCUT2D eigenvalue weighted by Crippen LogP contribution is 2.30. The number of rotatable bonds is 7. The standard InChI is InChI=1S/C26H24N2O4/c1-3-31-26(30)22-16-28-23-20-11-7-5-9-18(20)12-13-21(23)24(22)27-14-15-32-25(29)19-10-6-4-8-17(19)2/h4-13,16H,3,14-15H2,1-2H3,(H,27,28)/p+1. The van der Waals surface area contributed by atoms with Crippen LogP contribution in [0.25, 0.3) is 21.7 Å². The van der Waals surface area contributed by atoms with Crippen LogP contribution in [0.1, 0.15) is 33.2 Å². The monoisotopic (exact) mass is 429 g/mol. The van der Waals surface area contributed by atoms with Crippen molar-refractivity contribution in [3.05, 3.63) is 83.6 Å². The molecule has 6 nitrogen and oxygen atoms in total. The van der Waals surface area contributed by atoms with Gasteiger partial charge in [-0.2, -0.15) is 0 Å². The second-order valence-electron chi connectivity index (χ2n) is 7.38. The van der Waals surface area contributed by atoms with Gasteiger partial charge in [0.15, 0.2) is 6.20 Å². The van der Waals surface area contributed by atoms with E-state index in [1.165, 1.54) is 0 Å². The molecule has 0 saturated heterocycles. The Balaban J connectivity index is 1.60. The maximum atomic E-state index is 12.6. The SMILES string of the molecule is CCOC(=O)c1c[nH+]c2c(ccc3ccccc32)c1NCCOC(=O)c1ccccc1C. The second kappa shape index (κ2) is 9.47. The molecule has 0 amide bonds. The Labute approximate surface area is 186 Å². The molecule has 162 valence electrons. The van der Waals surface area contributed by atoms with Crippen LogP contribution in [0.4, 0.5) is 5.69 Å². The van der Waals surface area contributed by atoms with Crippen molar-refractivity contribution in [3.8, 4) is 0 Å². The number of hydrogen-bond donors (Lipinski definition) is 1. The first kappa shape index (κ1) is 21.3. The predicted octanol–water partition coefficient (Wildman–Crippen LogP) is 4.56. The van der Waals surface area contributed by atoms with E-state index < -0.39 is 5.97 Å². The lowest BCUT2D eigenvalue weighted by Crippen LogP contribution is -2.19. The van der Waals surface area contributed by atoms with Gasteiger partial charge in [0.2, 0.25) is 5.52 Å².